The van der Waals surface area contributed by atoms with E-state index in [1.54, 1.807) is 25.3 Å². The fourth-order valence-electron chi connectivity index (χ4n) is 2.90. The van der Waals surface area contributed by atoms with Crippen molar-refractivity contribution in [3.05, 3.63) is 53.2 Å². The van der Waals surface area contributed by atoms with Crippen LogP contribution in [0.25, 0.3) is 0 Å². The molecule has 27 heavy (non-hydrogen) atoms. The number of halogens is 1. The number of anilines is 1. The number of carbonyl (C=O) groups is 1. The van der Waals surface area contributed by atoms with E-state index < -0.39 is 6.10 Å². The van der Waals surface area contributed by atoms with Crippen LogP contribution in [0.5, 0.6) is 5.75 Å². The number of likely N-dealkylation sites (N-methyl/N-ethyl adjacent to an activating group) is 1. The quantitative estimate of drug-likeness (QED) is 0.824. The first-order chi connectivity index (χ1) is 13.0. The van der Waals surface area contributed by atoms with E-state index in [0.717, 1.165) is 37.6 Å². The molecule has 2 heterocycles. The predicted molar refractivity (Wildman–Crippen MR) is 107 cm³/mol. The zero-order valence-corrected chi connectivity index (χ0v) is 16.4. The van der Waals surface area contributed by atoms with Gasteiger partial charge in [-0.15, -0.1) is 0 Å². The number of rotatable bonds is 6. The Morgan fingerprint density at radius 1 is 1.26 bits per heavy atom. The number of pyridine rings is 1. The molecule has 0 bridgehead atoms. The standard InChI is InChI=1S/C20H25ClN4O2/c1-15(27-18-6-4-3-5-17(18)21)20(26)23-14-16-7-8-22-19(13-16)25-11-9-24(2)10-12-25/h3-8,13,15H,9-12,14H2,1-2H3,(H,23,26). The predicted octanol–water partition coefficient (Wildman–Crippen LogP) is 2.57. The van der Waals surface area contributed by atoms with Gasteiger partial charge in [0, 0.05) is 38.9 Å². The number of para-hydroxylation sites is 1. The van der Waals surface area contributed by atoms with Gasteiger partial charge in [0.15, 0.2) is 6.10 Å². The topological polar surface area (TPSA) is 57.7 Å². The van der Waals surface area contributed by atoms with E-state index in [4.69, 9.17) is 16.3 Å². The van der Waals surface area contributed by atoms with Gasteiger partial charge in [-0.2, -0.15) is 0 Å². The van der Waals surface area contributed by atoms with Crippen LogP contribution in [0, 0.1) is 0 Å². The molecule has 144 valence electrons. The van der Waals surface area contributed by atoms with Crippen molar-refractivity contribution in [1.82, 2.24) is 15.2 Å². The summed E-state index contributed by atoms with van der Waals surface area (Å²) in [7, 11) is 2.13. The minimum Gasteiger partial charge on any atom is -0.479 e. The third-order valence-electron chi connectivity index (χ3n) is 4.61. The molecule has 1 aliphatic heterocycles. The minimum absolute atomic E-state index is 0.187. The van der Waals surface area contributed by atoms with Crippen LogP contribution in [0.15, 0.2) is 42.6 Å². The van der Waals surface area contributed by atoms with E-state index in [1.807, 2.05) is 24.3 Å². The van der Waals surface area contributed by atoms with Crippen molar-refractivity contribution in [1.29, 1.82) is 0 Å². The van der Waals surface area contributed by atoms with Crippen molar-refractivity contribution in [3.63, 3.8) is 0 Å². The molecule has 1 N–H and O–H groups in total. The highest BCUT2D eigenvalue weighted by Gasteiger charge is 2.17. The van der Waals surface area contributed by atoms with Crippen LogP contribution in [0.4, 0.5) is 5.82 Å². The molecule has 3 rings (SSSR count). The maximum Gasteiger partial charge on any atom is 0.261 e. The molecule has 2 aromatic rings. The van der Waals surface area contributed by atoms with Crippen LogP contribution in [-0.2, 0) is 11.3 Å². The minimum atomic E-state index is -0.635. The number of benzene rings is 1. The van der Waals surface area contributed by atoms with Crippen LogP contribution in [0.2, 0.25) is 5.02 Å². The smallest absolute Gasteiger partial charge is 0.261 e. The van der Waals surface area contributed by atoms with Gasteiger partial charge in [0.05, 0.1) is 5.02 Å². The zero-order chi connectivity index (χ0) is 19.2. The van der Waals surface area contributed by atoms with Crippen LogP contribution in [0.1, 0.15) is 12.5 Å². The van der Waals surface area contributed by atoms with Crippen molar-refractivity contribution >= 4 is 23.3 Å². The highest BCUT2D eigenvalue weighted by atomic mass is 35.5. The van der Waals surface area contributed by atoms with E-state index in [9.17, 15) is 4.79 Å². The molecule has 1 fully saturated rings. The van der Waals surface area contributed by atoms with Crippen LogP contribution in [0.3, 0.4) is 0 Å². The number of nitrogens with zero attached hydrogens (tertiary/aromatic N) is 3. The largest absolute Gasteiger partial charge is 0.479 e. The van der Waals surface area contributed by atoms with Gasteiger partial charge in [0.2, 0.25) is 0 Å². The summed E-state index contributed by atoms with van der Waals surface area (Å²) in [6.07, 6.45) is 1.16. The second kappa shape index (κ2) is 9.06. The van der Waals surface area contributed by atoms with Gasteiger partial charge in [0.1, 0.15) is 11.6 Å². The summed E-state index contributed by atoms with van der Waals surface area (Å²) in [5, 5.41) is 3.40. The summed E-state index contributed by atoms with van der Waals surface area (Å²) < 4.78 is 5.66. The van der Waals surface area contributed by atoms with Crippen LogP contribution >= 0.6 is 11.6 Å². The fraction of sp³-hybridized carbons (Fsp3) is 0.400. The average Bonchev–Trinajstić information content (AvgIpc) is 2.68. The Kier molecular flexibility index (Phi) is 6.53. The van der Waals surface area contributed by atoms with E-state index in [2.05, 4.69) is 27.1 Å². The molecule has 0 spiro atoms. The molecule has 1 saturated heterocycles. The Bertz CT molecular complexity index is 778. The second-order valence-corrected chi connectivity index (χ2v) is 7.13. The molecule has 6 nitrogen and oxygen atoms in total. The lowest BCUT2D eigenvalue weighted by molar-refractivity contribution is -0.127. The van der Waals surface area contributed by atoms with Gasteiger partial charge in [-0.05, 0) is 43.8 Å². The average molecular weight is 389 g/mol. The molecule has 0 saturated carbocycles. The maximum atomic E-state index is 12.3. The molecule has 1 aliphatic rings. The first-order valence-corrected chi connectivity index (χ1v) is 9.48. The first-order valence-electron chi connectivity index (χ1n) is 9.10. The highest BCUT2D eigenvalue weighted by molar-refractivity contribution is 6.32. The number of ether oxygens (including phenoxy) is 1. The normalized spacial score (nSPS) is 16.0. The van der Waals surface area contributed by atoms with Crippen LogP contribution < -0.4 is 15.0 Å². The van der Waals surface area contributed by atoms with E-state index in [0.29, 0.717) is 17.3 Å². The lowest BCUT2D eigenvalue weighted by Crippen LogP contribution is -2.44. The monoisotopic (exact) mass is 388 g/mol. The Balaban J connectivity index is 1.54. The molecular formula is C20H25ClN4O2. The number of piperazine rings is 1. The number of nitrogens with one attached hydrogen (secondary N) is 1. The van der Waals surface area contributed by atoms with E-state index in [1.165, 1.54) is 0 Å². The van der Waals surface area contributed by atoms with Crippen LogP contribution in [-0.4, -0.2) is 55.1 Å². The SMILES string of the molecule is CC(Oc1ccccc1Cl)C(=O)NCc1ccnc(N2CCN(C)CC2)c1. The van der Waals surface area contributed by atoms with Gasteiger partial charge in [0.25, 0.3) is 5.91 Å². The molecule has 0 aliphatic carbocycles. The van der Waals surface area contributed by atoms with E-state index in [-0.39, 0.29) is 5.91 Å². The molecule has 1 atom stereocenters. The molecule has 1 amide bonds. The summed E-state index contributed by atoms with van der Waals surface area (Å²) in [6, 6.07) is 11.1. The maximum absolute atomic E-state index is 12.3. The zero-order valence-electron chi connectivity index (χ0n) is 15.7. The second-order valence-electron chi connectivity index (χ2n) is 6.72. The Morgan fingerprint density at radius 2 is 2.00 bits per heavy atom. The molecule has 0 radical (unpaired) electrons. The summed E-state index contributed by atoms with van der Waals surface area (Å²) in [6.45, 7) is 6.11. The van der Waals surface area contributed by atoms with Gasteiger partial charge in [-0.1, -0.05) is 23.7 Å². The lowest BCUT2D eigenvalue weighted by atomic mass is 10.2. The van der Waals surface area contributed by atoms with Gasteiger partial charge in [-0.25, -0.2) is 4.98 Å². The summed E-state index contributed by atoms with van der Waals surface area (Å²) in [5.74, 6) is 1.27. The molecule has 1 aromatic carbocycles. The highest BCUT2D eigenvalue weighted by Crippen LogP contribution is 2.24. The van der Waals surface area contributed by atoms with Crippen molar-refractivity contribution in [2.24, 2.45) is 0 Å². The third kappa shape index (κ3) is 5.34. The van der Waals surface area contributed by atoms with Crippen molar-refractivity contribution in [3.8, 4) is 5.75 Å². The van der Waals surface area contributed by atoms with Crippen molar-refractivity contribution in [2.75, 3.05) is 38.1 Å². The molecule has 1 unspecified atom stereocenters. The number of aromatic nitrogens is 1. The van der Waals surface area contributed by atoms with Crippen molar-refractivity contribution < 1.29 is 9.53 Å². The summed E-state index contributed by atoms with van der Waals surface area (Å²) in [4.78, 5) is 21.4. The van der Waals surface area contributed by atoms with Gasteiger partial charge >= 0.3 is 0 Å². The molecular weight excluding hydrogens is 364 g/mol. The Labute approximate surface area is 165 Å². The van der Waals surface area contributed by atoms with E-state index >= 15 is 0 Å². The molecule has 7 heteroatoms. The summed E-state index contributed by atoms with van der Waals surface area (Å²) in [5.41, 5.74) is 1.01. The lowest BCUT2D eigenvalue weighted by Gasteiger charge is -2.33. The summed E-state index contributed by atoms with van der Waals surface area (Å²) >= 11 is 6.07. The van der Waals surface area contributed by atoms with Gasteiger partial charge in [-0.3, -0.25) is 4.79 Å². The van der Waals surface area contributed by atoms with Crippen molar-refractivity contribution in [2.45, 2.75) is 19.6 Å². The third-order valence-corrected chi connectivity index (χ3v) is 4.93. The number of hydrogen-bond donors (Lipinski definition) is 1. The Hall–Kier alpha value is -2.31. The number of carbonyl (C=O) groups excluding carboxylic acids is 1. The fourth-order valence-corrected chi connectivity index (χ4v) is 3.08. The first kappa shape index (κ1) is 19.5. The number of amides is 1. The Morgan fingerprint density at radius 3 is 2.74 bits per heavy atom. The molecule has 1 aromatic heterocycles. The number of hydrogen-bond acceptors (Lipinski definition) is 5. The van der Waals surface area contributed by atoms with Gasteiger partial charge < -0.3 is 19.9 Å².